The monoisotopic (exact) mass is 388 g/mol. The number of carbonyl (C=O) groups is 3. The molecule has 1 aliphatic rings. The molecule has 0 spiro atoms. The third-order valence-electron chi connectivity index (χ3n) is 5.66. The van der Waals surface area contributed by atoms with E-state index in [9.17, 15) is 14.4 Å². The standard InChI is InChI=1S/C22H32N2O4/c1-4-18(19-9-7-16(2)8-10-19)14-21(26)23-12-5-6-20(11-13-23)24(17(3)25)15-22(27)28/h7-10,18,20H,4-6,11-15H2,1-3H3,(H,27,28). The van der Waals surface area contributed by atoms with Crippen molar-refractivity contribution < 1.29 is 19.5 Å². The Balaban J connectivity index is 1.98. The van der Waals surface area contributed by atoms with Gasteiger partial charge in [0.2, 0.25) is 11.8 Å². The number of carbonyl (C=O) groups excluding carboxylic acids is 2. The van der Waals surface area contributed by atoms with Crippen LogP contribution in [0, 0.1) is 6.92 Å². The molecule has 28 heavy (non-hydrogen) atoms. The van der Waals surface area contributed by atoms with Gasteiger partial charge < -0.3 is 14.9 Å². The maximum atomic E-state index is 12.9. The normalized spacial score (nSPS) is 18.2. The van der Waals surface area contributed by atoms with Crippen molar-refractivity contribution in [1.82, 2.24) is 9.80 Å². The first-order valence-corrected chi connectivity index (χ1v) is 10.1. The topological polar surface area (TPSA) is 77.9 Å². The zero-order valence-electron chi connectivity index (χ0n) is 17.2. The van der Waals surface area contributed by atoms with E-state index in [2.05, 4.69) is 38.1 Å². The zero-order valence-corrected chi connectivity index (χ0v) is 17.2. The van der Waals surface area contributed by atoms with E-state index < -0.39 is 5.97 Å². The molecular formula is C22H32N2O4. The third kappa shape index (κ3) is 6.08. The molecule has 0 bridgehead atoms. The number of carboxylic acid groups (broad SMARTS) is 1. The van der Waals surface area contributed by atoms with E-state index in [1.165, 1.54) is 23.0 Å². The molecule has 2 unspecified atom stereocenters. The predicted molar refractivity (Wildman–Crippen MR) is 108 cm³/mol. The van der Waals surface area contributed by atoms with E-state index >= 15 is 0 Å². The quantitative estimate of drug-likeness (QED) is 0.778. The number of benzene rings is 1. The van der Waals surface area contributed by atoms with Crippen molar-refractivity contribution in [2.75, 3.05) is 19.6 Å². The van der Waals surface area contributed by atoms with Crippen LogP contribution < -0.4 is 0 Å². The Morgan fingerprint density at radius 3 is 2.43 bits per heavy atom. The molecule has 1 N–H and O–H groups in total. The van der Waals surface area contributed by atoms with E-state index in [4.69, 9.17) is 5.11 Å². The average molecular weight is 389 g/mol. The van der Waals surface area contributed by atoms with Crippen LogP contribution in [0.1, 0.15) is 63.0 Å². The van der Waals surface area contributed by atoms with Crippen LogP contribution in [0.3, 0.4) is 0 Å². The maximum Gasteiger partial charge on any atom is 0.323 e. The van der Waals surface area contributed by atoms with Gasteiger partial charge in [0.1, 0.15) is 6.54 Å². The molecule has 2 atom stereocenters. The summed E-state index contributed by atoms with van der Waals surface area (Å²) in [5.74, 6) is -0.887. The second-order valence-electron chi connectivity index (χ2n) is 7.73. The van der Waals surface area contributed by atoms with Crippen molar-refractivity contribution >= 4 is 17.8 Å². The second kappa shape index (κ2) is 10.2. The number of hydrogen-bond donors (Lipinski definition) is 1. The minimum Gasteiger partial charge on any atom is -0.480 e. The Bertz CT molecular complexity index is 686. The van der Waals surface area contributed by atoms with Crippen molar-refractivity contribution in [2.24, 2.45) is 0 Å². The number of likely N-dealkylation sites (tertiary alicyclic amines) is 1. The molecule has 1 aromatic carbocycles. The Morgan fingerprint density at radius 2 is 1.86 bits per heavy atom. The summed E-state index contributed by atoms with van der Waals surface area (Å²) in [5.41, 5.74) is 2.40. The van der Waals surface area contributed by atoms with Crippen LogP contribution >= 0.6 is 0 Å². The SMILES string of the molecule is CCC(CC(=O)N1CCCC(N(CC(=O)O)C(C)=O)CC1)c1ccc(C)cc1. The van der Waals surface area contributed by atoms with Gasteiger partial charge in [0.15, 0.2) is 0 Å². The zero-order chi connectivity index (χ0) is 20.7. The van der Waals surface area contributed by atoms with Gasteiger partial charge in [-0.15, -0.1) is 0 Å². The summed E-state index contributed by atoms with van der Waals surface area (Å²) in [6, 6.07) is 8.25. The first-order chi connectivity index (χ1) is 13.3. The van der Waals surface area contributed by atoms with Crippen molar-refractivity contribution in [3.8, 4) is 0 Å². The minimum absolute atomic E-state index is 0.120. The molecule has 1 aromatic rings. The highest BCUT2D eigenvalue weighted by Gasteiger charge is 2.28. The fourth-order valence-corrected chi connectivity index (χ4v) is 3.96. The van der Waals surface area contributed by atoms with Gasteiger partial charge in [-0.2, -0.15) is 0 Å². The molecule has 1 heterocycles. The molecule has 1 fully saturated rings. The number of nitrogens with zero attached hydrogens (tertiary/aromatic N) is 2. The average Bonchev–Trinajstić information content (AvgIpc) is 2.90. The van der Waals surface area contributed by atoms with Crippen LogP contribution in [-0.2, 0) is 14.4 Å². The summed E-state index contributed by atoms with van der Waals surface area (Å²) < 4.78 is 0. The summed E-state index contributed by atoms with van der Waals surface area (Å²) >= 11 is 0. The van der Waals surface area contributed by atoms with E-state index in [-0.39, 0.29) is 30.3 Å². The molecule has 6 nitrogen and oxygen atoms in total. The molecule has 2 amide bonds. The minimum atomic E-state index is -1.00. The van der Waals surface area contributed by atoms with Crippen molar-refractivity contribution in [2.45, 2.75) is 64.8 Å². The fraction of sp³-hybridized carbons (Fsp3) is 0.591. The van der Waals surface area contributed by atoms with Crippen LogP contribution in [0.5, 0.6) is 0 Å². The Labute approximate surface area is 167 Å². The Hall–Kier alpha value is -2.37. The molecule has 1 aliphatic heterocycles. The van der Waals surface area contributed by atoms with Crippen LogP contribution in [-0.4, -0.2) is 58.4 Å². The van der Waals surface area contributed by atoms with Crippen LogP contribution in [0.15, 0.2) is 24.3 Å². The first kappa shape index (κ1) is 21.9. The van der Waals surface area contributed by atoms with Gasteiger partial charge in [0.05, 0.1) is 0 Å². The smallest absolute Gasteiger partial charge is 0.323 e. The lowest BCUT2D eigenvalue weighted by molar-refractivity contribution is -0.145. The van der Waals surface area contributed by atoms with Gasteiger partial charge in [-0.25, -0.2) is 0 Å². The Kier molecular flexibility index (Phi) is 8.03. The molecule has 154 valence electrons. The predicted octanol–water partition coefficient (Wildman–Crippen LogP) is 3.19. The lowest BCUT2D eigenvalue weighted by Crippen LogP contribution is -2.43. The molecule has 0 saturated carbocycles. The highest BCUT2D eigenvalue weighted by atomic mass is 16.4. The van der Waals surface area contributed by atoms with Crippen LogP contribution in [0.2, 0.25) is 0 Å². The molecule has 0 aromatic heterocycles. The van der Waals surface area contributed by atoms with E-state index in [1.807, 2.05) is 4.90 Å². The van der Waals surface area contributed by atoms with Crippen LogP contribution in [0.25, 0.3) is 0 Å². The van der Waals surface area contributed by atoms with Gasteiger partial charge in [-0.3, -0.25) is 14.4 Å². The summed E-state index contributed by atoms with van der Waals surface area (Å²) in [6.45, 7) is 6.52. The van der Waals surface area contributed by atoms with Crippen molar-refractivity contribution in [3.05, 3.63) is 35.4 Å². The van der Waals surface area contributed by atoms with Gasteiger partial charge in [0.25, 0.3) is 0 Å². The summed E-state index contributed by atoms with van der Waals surface area (Å²) in [4.78, 5) is 39.1. The van der Waals surface area contributed by atoms with Gasteiger partial charge in [-0.1, -0.05) is 36.8 Å². The van der Waals surface area contributed by atoms with Crippen molar-refractivity contribution in [1.29, 1.82) is 0 Å². The lowest BCUT2D eigenvalue weighted by Gasteiger charge is -2.29. The second-order valence-corrected chi connectivity index (χ2v) is 7.73. The molecule has 0 aliphatic carbocycles. The summed E-state index contributed by atoms with van der Waals surface area (Å²) in [5, 5.41) is 9.07. The van der Waals surface area contributed by atoms with Gasteiger partial charge in [-0.05, 0) is 44.1 Å². The van der Waals surface area contributed by atoms with Crippen molar-refractivity contribution in [3.63, 3.8) is 0 Å². The maximum absolute atomic E-state index is 12.9. The first-order valence-electron chi connectivity index (χ1n) is 10.1. The third-order valence-corrected chi connectivity index (χ3v) is 5.66. The van der Waals surface area contributed by atoms with Crippen LogP contribution in [0.4, 0.5) is 0 Å². The molecule has 2 rings (SSSR count). The fourth-order valence-electron chi connectivity index (χ4n) is 3.96. The number of carboxylic acids is 1. The number of hydrogen-bond acceptors (Lipinski definition) is 3. The van der Waals surface area contributed by atoms with E-state index in [0.29, 0.717) is 25.9 Å². The summed E-state index contributed by atoms with van der Waals surface area (Å²) in [6.07, 6.45) is 3.52. The number of aliphatic carboxylic acids is 1. The molecule has 1 saturated heterocycles. The van der Waals surface area contributed by atoms with E-state index in [0.717, 1.165) is 19.3 Å². The van der Waals surface area contributed by atoms with Gasteiger partial charge in [0, 0.05) is 32.5 Å². The highest BCUT2D eigenvalue weighted by molar-refractivity contribution is 5.80. The highest BCUT2D eigenvalue weighted by Crippen LogP contribution is 2.26. The molecule has 6 heteroatoms. The lowest BCUT2D eigenvalue weighted by atomic mass is 9.92. The summed E-state index contributed by atoms with van der Waals surface area (Å²) in [7, 11) is 0. The number of aryl methyl sites for hydroxylation is 1. The Morgan fingerprint density at radius 1 is 1.18 bits per heavy atom. The number of rotatable bonds is 7. The molecular weight excluding hydrogens is 356 g/mol. The van der Waals surface area contributed by atoms with Gasteiger partial charge >= 0.3 is 5.97 Å². The van der Waals surface area contributed by atoms with E-state index in [1.54, 1.807) is 0 Å². The molecule has 0 radical (unpaired) electrons. The largest absolute Gasteiger partial charge is 0.480 e. The number of amides is 2.